The maximum atomic E-state index is 12.7. The SMILES string of the molecule is CCOC(=O)C1(S(=O)(=O)NC(C)Cc2c(C)noc2C)CCC1. The molecule has 0 amide bonds. The fourth-order valence-corrected chi connectivity index (χ4v) is 4.81. The summed E-state index contributed by atoms with van der Waals surface area (Å²) in [7, 11) is -3.81. The molecule has 0 bridgehead atoms. The number of aromatic nitrogens is 1. The first kappa shape index (κ1) is 17.9. The zero-order valence-corrected chi connectivity index (χ0v) is 14.8. The predicted molar refractivity (Wildman–Crippen MR) is 84.4 cm³/mol. The van der Waals surface area contributed by atoms with Gasteiger partial charge in [-0.25, -0.2) is 13.1 Å². The second kappa shape index (κ2) is 6.60. The summed E-state index contributed by atoms with van der Waals surface area (Å²) in [4.78, 5) is 12.1. The Morgan fingerprint density at radius 3 is 2.52 bits per heavy atom. The van der Waals surface area contributed by atoms with Crippen molar-refractivity contribution in [3.63, 3.8) is 0 Å². The largest absolute Gasteiger partial charge is 0.465 e. The number of hydrogen-bond donors (Lipinski definition) is 1. The summed E-state index contributed by atoms with van der Waals surface area (Å²) in [6.07, 6.45) is 1.77. The molecule has 1 saturated carbocycles. The van der Waals surface area contributed by atoms with Gasteiger partial charge in [-0.1, -0.05) is 5.16 Å². The summed E-state index contributed by atoms with van der Waals surface area (Å²) in [6, 6.07) is -0.372. The molecule has 1 atom stereocenters. The van der Waals surface area contributed by atoms with E-state index < -0.39 is 20.7 Å². The highest BCUT2D eigenvalue weighted by Gasteiger charge is 2.56. The molecule has 0 saturated heterocycles. The van der Waals surface area contributed by atoms with Crippen LogP contribution in [0.1, 0.15) is 50.1 Å². The first-order chi connectivity index (χ1) is 10.7. The van der Waals surface area contributed by atoms with Crippen LogP contribution in [0, 0.1) is 13.8 Å². The van der Waals surface area contributed by atoms with Crippen LogP contribution in [0.2, 0.25) is 0 Å². The van der Waals surface area contributed by atoms with Crippen LogP contribution in [0.5, 0.6) is 0 Å². The smallest absolute Gasteiger partial charge is 0.328 e. The molecule has 1 fully saturated rings. The zero-order chi connectivity index (χ0) is 17.3. The van der Waals surface area contributed by atoms with Crippen LogP contribution in [0.4, 0.5) is 0 Å². The molecular formula is C15H24N2O5S. The summed E-state index contributed by atoms with van der Waals surface area (Å²) in [6.45, 7) is 7.22. The number of ether oxygens (including phenoxy) is 1. The van der Waals surface area contributed by atoms with E-state index in [0.717, 1.165) is 11.3 Å². The Morgan fingerprint density at radius 1 is 1.43 bits per heavy atom. The average Bonchev–Trinajstić information content (AvgIpc) is 2.68. The van der Waals surface area contributed by atoms with Crippen LogP contribution >= 0.6 is 0 Å². The van der Waals surface area contributed by atoms with Gasteiger partial charge in [0.15, 0.2) is 4.75 Å². The second-order valence-corrected chi connectivity index (χ2v) is 8.12. The molecule has 1 heterocycles. The lowest BCUT2D eigenvalue weighted by molar-refractivity contribution is -0.148. The Bertz CT molecular complexity index is 657. The summed E-state index contributed by atoms with van der Waals surface area (Å²) in [5.41, 5.74) is 1.64. The molecule has 7 nitrogen and oxygen atoms in total. The predicted octanol–water partition coefficient (Wildman–Crippen LogP) is 1.63. The Hall–Kier alpha value is -1.41. The van der Waals surface area contributed by atoms with Crippen molar-refractivity contribution in [2.24, 2.45) is 0 Å². The van der Waals surface area contributed by atoms with Gasteiger partial charge < -0.3 is 9.26 Å². The summed E-state index contributed by atoms with van der Waals surface area (Å²) in [5, 5.41) is 3.87. The van der Waals surface area contributed by atoms with Gasteiger partial charge >= 0.3 is 5.97 Å². The molecule has 130 valence electrons. The molecule has 0 aliphatic heterocycles. The fraction of sp³-hybridized carbons (Fsp3) is 0.733. The summed E-state index contributed by atoms with van der Waals surface area (Å²) in [5.74, 6) is 0.0283. The lowest BCUT2D eigenvalue weighted by Crippen LogP contribution is -2.58. The molecule has 1 aromatic rings. The van der Waals surface area contributed by atoms with Gasteiger partial charge in [0.05, 0.1) is 12.3 Å². The second-order valence-electron chi connectivity index (χ2n) is 6.10. The van der Waals surface area contributed by atoms with E-state index in [0.29, 0.717) is 31.4 Å². The molecule has 0 radical (unpaired) electrons. The van der Waals surface area contributed by atoms with Crippen LogP contribution in [0.25, 0.3) is 0 Å². The van der Waals surface area contributed by atoms with Gasteiger partial charge in [0, 0.05) is 11.6 Å². The van der Waals surface area contributed by atoms with Gasteiger partial charge in [-0.2, -0.15) is 0 Å². The summed E-state index contributed by atoms with van der Waals surface area (Å²) >= 11 is 0. The van der Waals surface area contributed by atoms with Crippen molar-refractivity contribution in [2.75, 3.05) is 6.61 Å². The maximum absolute atomic E-state index is 12.7. The maximum Gasteiger partial charge on any atom is 0.328 e. The Kier molecular flexibility index (Phi) is 5.15. The molecule has 1 unspecified atom stereocenters. The third kappa shape index (κ3) is 3.28. The van der Waals surface area contributed by atoms with E-state index >= 15 is 0 Å². The molecule has 0 spiro atoms. The monoisotopic (exact) mass is 344 g/mol. The van der Waals surface area contributed by atoms with Crippen LogP contribution in [-0.2, 0) is 26.0 Å². The third-order valence-corrected chi connectivity index (χ3v) is 6.69. The molecule has 23 heavy (non-hydrogen) atoms. The highest BCUT2D eigenvalue weighted by atomic mass is 32.2. The van der Waals surface area contributed by atoms with Crippen molar-refractivity contribution in [3.8, 4) is 0 Å². The quantitative estimate of drug-likeness (QED) is 0.755. The first-order valence-electron chi connectivity index (χ1n) is 7.84. The van der Waals surface area contributed by atoms with Gasteiger partial charge in [0.2, 0.25) is 10.0 Å². The van der Waals surface area contributed by atoms with Crippen LogP contribution < -0.4 is 4.72 Å². The van der Waals surface area contributed by atoms with Crippen molar-refractivity contribution in [2.45, 2.75) is 64.2 Å². The minimum Gasteiger partial charge on any atom is -0.465 e. The lowest BCUT2D eigenvalue weighted by Gasteiger charge is -2.38. The molecule has 1 aliphatic rings. The van der Waals surface area contributed by atoms with Crippen molar-refractivity contribution in [3.05, 3.63) is 17.0 Å². The topological polar surface area (TPSA) is 98.5 Å². The van der Waals surface area contributed by atoms with Crippen molar-refractivity contribution < 1.29 is 22.5 Å². The number of carbonyl (C=O) groups is 1. The number of sulfonamides is 1. The van der Waals surface area contributed by atoms with Crippen molar-refractivity contribution in [1.82, 2.24) is 9.88 Å². The Balaban J connectivity index is 2.12. The number of hydrogen-bond acceptors (Lipinski definition) is 6. The van der Waals surface area contributed by atoms with E-state index in [1.165, 1.54) is 0 Å². The van der Waals surface area contributed by atoms with Gasteiger partial charge in [-0.15, -0.1) is 0 Å². The molecule has 8 heteroatoms. The number of carbonyl (C=O) groups excluding carboxylic acids is 1. The number of aryl methyl sites for hydroxylation is 2. The van der Waals surface area contributed by atoms with E-state index in [4.69, 9.17) is 9.26 Å². The molecule has 0 aromatic carbocycles. The van der Waals surface area contributed by atoms with Gasteiger partial charge in [0.1, 0.15) is 5.76 Å². The van der Waals surface area contributed by atoms with Crippen LogP contribution in [0.3, 0.4) is 0 Å². The fourth-order valence-electron chi connectivity index (χ4n) is 2.86. The first-order valence-corrected chi connectivity index (χ1v) is 9.32. The van der Waals surface area contributed by atoms with Gasteiger partial charge in [0.25, 0.3) is 0 Å². The van der Waals surface area contributed by atoms with Crippen molar-refractivity contribution >= 4 is 16.0 Å². The summed E-state index contributed by atoms with van der Waals surface area (Å²) < 4.78 is 36.7. The Morgan fingerprint density at radius 2 is 2.09 bits per heavy atom. The normalized spacial score (nSPS) is 18.3. The average molecular weight is 344 g/mol. The minimum absolute atomic E-state index is 0.171. The molecular weight excluding hydrogens is 320 g/mol. The highest BCUT2D eigenvalue weighted by Crippen LogP contribution is 2.40. The zero-order valence-electron chi connectivity index (χ0n) is 14.0. The molecule has 1 aromatic heterocycles. The number of rotatable bonds is 7. The number of esters is 1. The van der Waals surface area contributed by atoms with Gasteiger partial charge in [-0.05, 0) is 53.4 Å². The van der Waals surface area contributed by atoms with Crippen molar-refractivity contribution in [1.29, 1.82) is 0 Å². The highest BCUT2D eigenvalue weighted by molar-refractivity contribution is 7.91. The molecule has 2 rings (SSSR count). The van der Waals surface area contributed by atoms with Crippen LogP contribution in [0.15, 0.2) is 4.52 Å². The third-order valence-electron chi connectivity index (χ3n) is 4.37. The van der Waals surface area contributed by atoms with E-state index in [1.54, 1.807) is 20.8 Å². The Labute approximate surface area is 136 Å². The van der Waals surface area contributed by atoms with E-state index in [-0.39, 0.29) is 12.6 Å². The van der Waals surface area contributed by atoms with E-state index in [1.807, 2.05) is 6.92 Å². The lowest BCUT2D eigenvalue weighted by atomic mass is 9.84. The number of nitrogens with one attached hydrogen (secondary N) is 1. The molecule has 1 N–H and O–H groups in total. The van der Waals surface area contributed by atoms with E-state index in [2.05, 4.69) is 9.88 Å². The van der Waals surface area contributed by atoms with E-state index in [9.17, 15) is 13.2 Å². The minimum atomic E-state index is -3.81. The standard InChI is InChI=1S/C15H24N2O5S/c1-5-21-14(18)15(7-6-8-15)23(19,20)17-10(2)9-13-11(3)16-22-12(13)4/h10,17H,5-9H2,1-4H3. The van der Waals surface area contributed by atoms with Crippen LogP contribution in [-0.4, -0.2) is 36.9 Å². The van der Waals surface area contributed by atoms with Gasteiger partial charge in [-0.3, -0.25) is 4.79 Å². The number of nitrogens with zero attached hydrogens (tertiary/aromatic N) is 1. The molecule has 1 aliphatic carbocycles.